The molecule has 0 bridgehead atoms. The average molecular weight is 569 g/mol. The van der Waals surface area contributed by atoms with Crippen molar-refractivity contribution in [3.05, 3.63) is 94.3 Å². The third-order valence-corrected chi connectivity index (χ3v) is 6.97. The van der Waals surface area contributed by atoms with E-state index in [4.69, 9.17) is 11.6 Å². The Morgan fingerprint density at radius 3 is 1.84 bits per heavy atom. The van der Waals surface area contributed by atoms with Crippen molar-refractivity contribution < 1.29 is 43.9 Å². The van der Waals surface area contributed by atoms with Crippen molar-refractivity contribution in [3.63, 3.8) is 0 Å². The molecule has 3 rings (SSSR count). The molecule has 0 heterocycles. The molecule has 0 atom stereocenters. The Morgan fingerprint density at radius 1 is 0.838 bits per heavy atom. The van der Waals surface area contributed by atoms with Gasteiger partial charge in [0.15, 0.2) is 0 Å². The monoisotopic (exact) mass is 568 g/mol. The van der Waals surface area contributed by atoms with Crippen LogP contribution in [0.2, 0.25) is 5.02 Å². The normalized spacial score (nSPS) is 12.6. The molecule has 37 heavy (non-hydrogen) atoms. The Bertz CT molecular complexity index is 1340. The fraction of sp³-hybridized carbons (Fsp3) is 0.174. The van der Waals surface area contributed by atoms with Crippen LogP contribution in [0.1, 0.15) is 16.7 Å². The van der Waals surface area contributed by atoms with Crippen LogP contribution < -0.4 is 5.32 Å². The van der Waals surface area contributed by atoms with Crippen molar-refractivity contribution in [1.29, 1.82) is 0 Å². The van der Waals surface area contributed by atoms with Crippen molar-refractivity contribution in [3.8, 4) is 0 Å². The molecule has 198 valence electrons. The lowest BCUT2D eigenvalue weighted by atomic mass is 10.1. The molecule has 14 heteroatoms. The summed E-state index contributed by atoms with van der Waals surface area (Å²) in [6, 6.07) is 9.91. The number of carbonyl (C=O) groups is 1. The zero-order valence-corrected chi connectivity index (χ0v) is 19.9. The highest BCUT2D eigenvalue weighted by Crippen LogP contribution is 2.37. The molecular weight excluding hydrogens is 553 g/mol. The van der Waals surface area contributed by atoms with Crippen molar-refractivity contribution in [2.75, 3.05) is 11.9 Å². The van der Waals surface area contributed by atoms with Gasteiger partial charge in [-0.25, -0.2) is 12.8 Å². The lowest BCUT2D eigenvalue weighted by Crippen LogP contribution is -2.37. The minimum atomic E-state index is -5.15. The summed E-state index contributed by atoms with van der Waals surface area (Å²) in [6.45, 7) is -1.45. The van der Waals surface area contributed by atoms with Crippen LogP contribution in [0.25, 0.3) is 0 Å². The molecule has 0 aliphatic carbocycles. The van der Waals surface area contributed by atoms with Gasteiger partial charge in [-0.3, -0.25) is 4.79 Å². The summed E-state index contributed by atoms with van der Waals surface area (Å²) in [5.41, 5.74) is -3.90. The number of hydrogen-bond donors (Lipinski definition) is 1. The Morgan fingerprint density at radius 2 is 1.35 bits per heavy atom. The number of hydrogen-bond acceptors (Lipinski definition) is 3. The summed E-state index contributed by atoms with van der Waals surface area (Å²) in [6.07, 6.45) is -10.3. The zero-order chi connectivity index (χ0) is 27.6. The molecule has 0 aromatic heterocycles. The van der Waals surface area contributed by atoms with Crippen LogP contribution >= 0.6 is 11.6 Å². The van der Waals surface area contributed by atoms with Gasteiger partial charge < -0.3 is 5.32 Å². The first-order valence-corrected chi connectivity index (χ1v) is 12.0. The number of benzene rings is 3. The second kappa shape index (κ2) is 10.7. The number of amides is 1. The van der Waals surface area contributed by atoms with Gasteiger partial charge in [0, 0.05) is 17.3 Å². The summed E-state index contributed by atoms with van der Waals surface area (Å²) < 4.78 is 119. The van der Waals surface area contributed by atoms with Crippen LogP contribution in [0.15, 0.2) is 71.6 Å². The van der Waals surface area contributed by atoms with E-state index >= 15 is 0 Å². The Kier molecular flexibility index (Phi) is 8.20. The molecule has 0 unspecified atom stereocenters. The average Bonchev–Trinajstić information content (AvgIpc) is 2.79. The van der Waals surface area contributed by atoms with Crippen LogP contribution in [0.5, 0.6) is 0 Å². The number of anilines is 1. The largest absolute Gasteiger partial charge is 0.416 e. The predicted molar refractivity (Wildman–Crippen MR) is 121 cm³/mol. The van der Waals surface area contributed by atoms with Crippen LogP contribution in [0.3, 0.4) is 0 Å². The number of sulfonamides is 1. The van der Waals surface area contributed by atoms with Gasteiger partial charge in [-0.1, -0.05) is 23.7 Å². The van der Waals surface area contributed by atoms with Gasteiger partial charge in [0.25, 0.3) is 0 Å². The van der Waals surface area contributed by atoms with Gasteiger partial charge in [0.1, 0.15) is 5.82 Å². The summed E-state index contributed by atoms with van der Waals surface area (Å²) in [5, 5.41) is 2.11. The molecule has 0 fully saturated rings. The standard InChI is InChI=1S/C23H16ClF7N2O3S/c24-17-3-7-20(8-4-17)37(35,36)33(12-14-1-5-18(25)6-2-14)13-21(34)32-19-10-15(22(26,27)28)9-16(11-19)23(29,30)31/h1-11H,12-13H2,(H,32,34). The molecule has 1 N–H and O–H groups in total. The van der Waals surface area contributed by atoms with E-state index in [-0.39, 0.29) is 21.5 Å². The fourth-order valence-corrected chi connectivity index (χ4v) is 4.67. The molecule has 1 amide bonds. The zero-order valence-electron chi connectivity index (χ0n) is 18.4. The molecule has 3 aromatic carbocycles. The first-order chi connectivity index (χ1) is 17.1. The van der Waals surface area contributed by atoms with Crippen molar-refractivity contribution in [1.82, 2.24) is 4.31 Å². The van der Waals surface area contributed by atoms with Crippen LogP contribution in [-0.2, 0) is 33.7 Å². The van der Waals surface area contributed by atoms with E-state index in [0.717, 1.165) is 24.3 Å². The van der Waals surface area contributed by atoms with Crippen LogP contribution in [0, 0.1) is 5.82 Å². The van der Waals surface area contributed by atoms with Crippen molar-refractivity contribution >= 4 is 33.2 Å². The van der Waals surface area contributed by atoms with E-state index in [0.29, 0.717) is 16.4 Å². The number of alkyl halides is 6. The maximum Gasteiger partial charge on any atom is 0.416 e. The molecule has 0 saturated heterocycles. The van der Waals surface area contributed by atoms with Crippen LogP contribution in [0.4, 0.5) is 36.4 Å². The van der Waals surface area contributed by atoms with E-state index < -0.39 is 64.0 Å². The van der Waals surface area contributed by atoms with E-state index in [1.807, 2.05) is 5.32 Å². The van der Waals surface area contributed by atoms with E-state index in [9.17, 15) is 43.9 Å². The highest BCUT2D eigenvalue weighted by atomic mass is 35.5. The number of nitrogens with one attached hydrogen (secondary N) is 1. The maximum atomic E-state index is 13.3. The number of nitrogens with zero attached hydrogens (tertiary/aromatic N) is 1. The maximum absolute atomic E-state index is 13.3. The minimum Gasteiger partial charge on any atom is -0.325 e. The van der Waals surface area contributed by atoms with Crippen molar-refractivity contribution in [2.24, 2.45) is 0 Å². The summed E-state index contributed by atoms with van der Waals surface area (Å²) >= 11 is 5.78. The summed E-state index contributed by atoms with van der Waals surface area (Å²) in [5.74, 6) is -1.83. The van der Waals surface area contributed by atoms with Crippen molar-refractivity contribution in [2.45, 2.75) is 23.8 Å². The Labute approximate surface area is 211 Å². The third-order valence-electron chi connectivity index (χ3n) is 4.91. The predicted octanol–water partition coefficient (Wildman–Crippen LogP) is 6.35. The lowest BCUT2D eigenvalue weighted by molar-refractivity contribution is -0.143. The van der Waals surface area contributed by atoms with Gasteiger partial charge >= 0.3 is 12.4 Å². The van der Waals surface area contributed by atoms with Gasteiger partial charge in [0.05, 0.1) is 22.6 Å². The molecule has 0 radical (unpaired) electrons. The Hall–Kier alpha value is -3.16. The third kappa shape index (κ3) is 7.43. The second-order valence-electron chi connectivity index (χ2n) is 7.70. The van der Waals surface area contributed by atoms with Gasteiger partial charge in [-0.05, 0) is 60.2 Å². The summed E-state index contributed by atoms with van der Waals surface area (Å²) in [7, 11) is -4.42. The van der Waals surface area contributed by atoms with Gasteiger partial charge in [-0.15, -0.1) is 0 Å². The fourth-order valence-electron chi connectivity index (χ4n) is 3.16. The molecule has 0 aliphatic rings. The van der Waals surface area contributed by atoms with Crippen LogP contribution in [-0.4, -0.2) is 25.2 Å². The SMILES string of the molecule is O=C(CN(Cc1ccc(F)cc1)S(=O)(=O)c1ccc(Cl)cc1)Nc1cc(C(F)(F)F)cc(C(F)(F)F)c1. The first-order valence-electron chi connectivity index (χ1n) is 10.2. The molecule has 0 aliphatic heterocycles. The molecule has 0 saturated carbocycles. The number of carbonyl (C=O) groups excluding carboxylic acids is 1. The van der Waals surface area contributed by atoms with E-state index in [2.05, 4.69) is 0 Å². The van der Waals surface area contributed by atoms with Gasteiger partial charge in [-0.2, -0.15) is 30.6 Å². The van der Waals surface area contributed by atoms with E-state index in [1.165, 1.54) is 24.3 Å². The second-order valence-corrected chi connectivity index (χ2v) is 10.1. The number of halogens is 8. The van der Waals surface area contributed by atoms with Gasteiger partial charge in [0.2, 0.25) is 15.9 Å². The molecular formula is C23H16ClF7N2O3S. The quantitative estimate of drug-likeness (QED) is 0.338. The highest BCUT2D eigenvalue weighted by Gasteiger charge is 2.37. The molecule has 5 nitrogen and oxygen atoms in total. The smallest absolute Gasteiger partial charge is 0.325 e. The number of rotatable bonds is 7. The lowest BCUT2D eigenvalue weighted by Gasteiger charge is -2.22. The Balaban J connectivity index is 1.94. The molecule has 0 spiro atoms. The minimum absolute atomic E-state index is 0.110. The summed E-state index contributed by atoms with van der Waals surface area (Å²) in [4.78, 5) is 12.4. The highest BCUT2D eigenvalue weighted by molar-refractivity contribution is 7.89. The van der Waals surface area contributed by atoms with E-state index in [1.54, 1.807) is 0 Å². The first kappa shape index (κ1) is 28.4. The topological polar surface area (TPSA) is 66.5 Å². The molecule has 3 aromatic rings.